The molecular weight excluding hydrogens is 368 g/mol. The highest BCUT2D eigenvalue weighted by Crippen LogP contribution is 2.15. The number of alkyl halides is 1. The first-order valence-electron chi connectivity index (χ1n) is 5.22. The van der Waals surface area contributed by atoms with Crippen molar-refractivity contribution in [3.8, 4) is 0 Å². The number of carbonyl (C=O) groups excluding carboxylic acids is 2. The molecule has 18 heavy (non-hydrogen) atoms. The Morgan fingerprint density at radius 1 is 1.50 bits per heavy atom. The summed E-state index contributed by atoms with van der Waals surface area (Å²) in [5.74, 6) is -0.612. The minimum absolute atomic E-state index is 0.220. The molecule has 0 aliphatic heterocycles. The van der Waals surface area contributed by atoms with E-state index < -0.39 is 3.92 Å². The maximum atomic E-state index is 11.9. The predicted octanol–water partition coefficient (Wildman–Crippen LogP) is 2.35. The van der Waals surface area contributed by atoms with Crippen molar-refractivity contribution in [2.24, 2.45) is 0 Å². The SMILES string of the molecule is COC(=O)C(I)CNC(=O)c1cc(Cl)ccc1C. The largest absolute Gasteiger partial charge is 0.468 e. The highest BCUT2D eigenvalue weighted by atomic mass is 127. The van der Waals surface area contributed by atoms with Crippen LogP contribution in [-0.4, -0.2) is 29.5 Å². The number of hydrogen-bond donors (Lipinski definition) is 1. The highest BCUT2D eigenvalue weighted by molar-refractivity contribution is 14.1. The molecule has 4 nitrogen and oxygen atoms in total. The standard InChI is InChI=1S/C12H13ClINO3/c1-7-3-4-8(13)5-9(7)11(16)15-6-10(14)12(17)18-2/h3-5,10H,6H2,1-2H3,(H,15,16). The Morgan fingerprint density at radius 2 is 2.17 bits per heavy atom. The van der Waals surface area contributed by atoms with Crippen LogP contribution in [0.2, 0.25) is 5.02 Å². The van der Waals surface area contributed by atoms with Gasteiger partial charge < -0.3 is 10.1 Å². The van der Waals surface area contributed by atoms with Gasteiger partial charge in [-0.2, -0.15) is 0 Å². The van der Waals surface area contributed by atoms with Gasteiger partial charge in [-0.3, -0.25) is 9.59 Å². The van der Waals surface area contributed by atoms with Gasteiger partial charge in [-0.25, -0.2) is 0 Å². The van der Waals surface area contributed by atoms with E-state index in [0.717, 1.165) is 5.56 Å². The number of carbonyl (C=O) groups is 2. The van der Waals surface area contributed by atoms with E-state index in [1.54, 1.807) is 18.2 Å². The van der Waals surface area contributed by atoms with Gasteiger partial charge in [0.05, 0.1) is 7.11 Å². The van der Waals surface area contributed by atoms with Crippen LogP contribution in [0.1, 0.15) is 15.9 Å². The molecule has 1 aromatic carbocycles. The second-order valence-electron chi connectivity index (χ2n) is 3.66. The zero-order valence-electron chi connectivity index (χ0n) is 10.00. The number of aryl methyl sites for hydroxylation is 1. The van der Waals surface area contributed by atoms with Gasteiger partial charge in [-0.05, 0) is 24.6 Å². The third kappa shape index (κ3) is 4.13. The average Bonchev–Trinajstić information content (AvgIpc) is 2.37. The van der Waals surface area contributed by atoms with Crippen molar-refractivity contribution in [1.82, 2.24) is 5.32 Å². The first-order chi connectivity index (χ1) is 8.45. The van der Waals surface area contributed by atoms with Crippen LogP contribution in [0.5, 0.6) is 0 Å². The Balaban J connectivity index is 2.66. The molecule has 0 radical (unpaired) electrons. The van der Waals surface area contributed by atoms with E-state index in [-0.39, 0.29) is 18.4 Å². The Morgan fingerprint density at radius 3 is 2.78 bits per heavy atom. The van der Waals surface area contributed by atoms with E-state index in [1.807, 2.05) is 29.5 Å². The maximum Gasteiger partial charge on any atom is 0.320 e. The van der Waals surface area contributed by atoms with Crippen molar-refractivity contribution in [2.45, 2.75) is 10.8 Å². The lowest BCUT2D eigenvalue weighted by molar-refractivity contribution is -0.139. The molecular formula is C12H13ClINO3. The summed E-state index contributed by atoms with van der Waals surface area (Å²) in [6, 6.07) is 5.11. The number of hydrogen-bond acceptors (Lipinski definition) is 3. The molecule has 0 fully saturated rings. The van der Waals surface area contributed by atoms with Crippen LogP contribution >= 0.6 is 34.2 Å². The normalized spacial score (nSPS) is 11.8. The average molecular weight is 382 g/mol. The fourth-order valence-corrected chi connectivity index (χ4v) is 1.97. The van der Waals surface area contributed by atoms with Crippen molar-refractivity contribution in [2.75, 3.05) is 13.7 Å². The van der Waals surface area contributed by atoms with Gasteiger partial charge in [-0.1, -0.05) is 40.3 Å². The van der Waals surface area contributed by atoms with Gasteiger partial charge in [0.1, 0.15) is 3.92 Å². The van der Waals surface area contributed by atoms with Gasteiger partial charge in [0.2, 0.25) is 0 Å². The summed E-state index contributed by atoms with van der Waals surface area (Å²) in [6.45, 7) is 2.05. The predicted molar refractivity (Wildman–Crippen MR) is 78.3 cm³/mol. The summed E-state index contributed by atoms with van der Waals surface area (Å²) in [5.41, 5.74) is 1.34. The quantitative estimate of drug-likeness (QED) is 0.495. The van der Waals surface area contributed by atoms with Gasteiger partial charge in [-0.15, -0.1) is 0 Å². The third-order valence-electron chi connectivity index (χ3n) is 2.34. The van der Waals surface area contributed by atoms with E-state index >= 15 is 0 Å². The molecule has 0 aliphatic rings. The van der Waals surface area contributed by atoms with Crippen LogP contribution in [-0.2, 0) is 9.53 Å². The number of amides is 1. The van der Waals surface area contributed by atoms with Crippen molar-refractivity contribution in [3.05, 3.63) is 34.3 Å². The summed E-state index contributed by atoms with van der Waals surface area (Å²) in [5, 5.41) is 3.18. The van der Waals surface area contributed by atoms with Gasteiger partial charge in [0, 0.05) is 17.1 Å². The molecule has 0 saturated heterocycles. The summed E-state index contributed by atoms with van der Waals surface area (Å²) in [4.78, 5) is 23.1. The molecule has 0 saturated carbocycles. The Hall–Kier alpha value is -0.820. The Kier molecular flexibility index (Phi) is 5.87. The summed E-state index contributed by atoms with van der Waals surface area (Å²) < 4.78 is 4.17. The zero-order valence-corrected chi connectivity index (χ0v) is 12.9. The van der Waals surface area contributed by atoms with Crippen LogP contribution in [0.4, 0.5) is 0 Å². The number of halogens is 2. The lowest BCUT2D eigenvalue weighted by Gasteiger charge is -2.10. The second-order valence-corrected chi connectivity index (χ2v) is 5.60. The molecule has 0 aliphatic carbocycles. The molecule has 1 unspecified atom stereocenters. The van der Waals surface area contributed by atoms with E-state index in [9.17, 15) is 9.59 Å². The molecule has 1 rings (SSSR count). The van der Waals surface area contributed by atoms with Gasteiger partial charge in [0.25, 0.3) is 5.91 Å². The molecule has 0 bridgehead atoms. The monoisotopic (exact) mass is 381 g/mol. The van der Waals surface area contributed by atoms with Crippen molar-refractivity contribution >= 4 is 46.1 Å². The molecule has 1 amide bonds. The molecule has 1 aromatic rings. The molecule has 0 aromatic heterocycles. The Bertz CT molecular complexity index is 465. The van der Waals surface area contributed by atoms with E-state index in [2.05, 4.69) is 10.1 Å². The second kappa shape index (κ2) is 6.94. The van der Waals surface area contributed by atoms with E-state index in [0.29, 0.717) is 10.6 Å². The zero-order chi connectivity index (χ0) is 13.7. The van der Waals surface area contributed by atoms with Crippen molar-refractivity contribution in [3.63, 3.8) is 0 Å². The lowest BCUT2D eigenvalue weighted by atomic mass is 10.1. The van der Waals surface area contributed by atoms with Crippen molar-refractivity contribution in [1.29, 1.82) is 0 Å². The van der Waals surface area contributed by atoms with Crippen LogP contribution in [0.3, 0.4) is 0 Å². The van der Waals surface area contributed by atoms with Crippen LogP contribution in [0.25, 0.3) is 0 Å². The lowest BCUT2D eigenvalue weighted by Crippen LogP contribution is -2.34. The maximum absolute atomic E-state index is 11.9. The number of esters is 1. The van der Waals surface area contributed by atoms with Crippen LogP contribution in [0, 0.1) is 6.92 Å². The van der Waals surface area contributed by atoms with Crippen LogP contribution in [0.15, 0.2) is 18.2 Å². The first-order valence-corrected chi connectivity index (χ1v) is 6.84. The molecule has 0 heterocycles. The van der Waals surface area contributed by atoms with E-state index in [1.165, 1.54) is 7.11 Å². The van der Waals surface area contributed by atoms with Gasteiger partial charge in [0.15, 0.2) is 0 Å². The molecule has 98 valence electrons. The summed E-state index contributed by atoms with van der Waals surface area (Å²) in [6.07, 6.45) is 0. The molecule has 6 heteroatoms. The number of nitrogens with one attached hydrogen (secondary N) is 1. The van der Waals surface area contributed by atoms with E-state index in [4.69, 9.17) is 11.6 Å². The Labute approximate surface area is 124 Å². The number of methoxy groups -OCH3 is 1. The molecule has 1 atom stereocenters. The van der Waals surface area contributed by atoms with Crippen molar-refractivity contribution < 1.29 is 14.3 Å². The minimum atomic E-state index is -0.406. The highest BCUT2D eigenvalue weighted by Gasteiger charge is 2.17. The topological polar surface area (TPSA) is 55.4 Å². The number of ether oxygens (including phenoxy) is 1. The summed E-state index contributed by atoms with van der Waals surface area (Å²) in [7, 11) is 1.32. The fourth-order valence-electron chi connectivity index (χ4n) is 1.33. The van der Waals surface area contributed by atoms with Crippen LogP contribution < -0.4 is 5.32 Å². The number of rotatable bonds is 4. The molecule has 0 spiro atoms. The summed E-state index contributed by atoms with van der Waals surface area (Å²) >= 11 is 7.76. The smallest absolute Gasteiger partial charge is 0.320 e. The number of benzene rings is 1. The minimum Gasteiger partial charge on any atom is -0.468 e. The first kappa shape index (κ1) is 15.2. The molecule has 1 N–H and O–H groups in total. The fraction of sp³-hybridized carbons (Fsp3) is 0.333. The van der Waals surface area contributed by atoms with Gasteiger partial charge >= 0.3 is 5.97 Å². The third-order valence-corrected chi connectivity index (χ3v) is 3.53.